The van der Waals surface area contributed by atoms with Crippen LogP contribution >= 0.6 is 11.8 Å². The van der Waals surface area contributed by atoms with Crippen molar-refractivity contribution in [3.05, 3.63) is 18.2 Å². The lowest BCUT2D eigenvalue weighted by atomic mass is 10.2. The van der Waals surface area contributed by atoms with Crippen molar-refractivity contribution in [1.29, 1.82) is 0 Å². The second-order valence-corrected chi connectivity index (χ2v) is 9.61. The van der Waals surface area contributed by atoms with E-state index in [9.17, 15) is 13.2 Å². The molecular formula is C16H18N2O5S2. The van der Waals surface area contributed by atoms with Gasteiger partial charge in [-0.25, -0.2) is 8.42 Å². The van der Waals surface area contributed by atoms with Crippen LogP contribution in [0.25, 0.3) is 0 Å². The van der Waals surface area contributed by atoms with E-state index in [2.05, 4.69) is 4.99 Å². The van der Waals surface area contributed by atoms with E-state index < -0.39 is 9.84 Å². The van der Waals surface area contributed by atoms with Crippen molar-refractivity contribution in [2.24, 2.45) is 4.99 Å². The Bertz CT molecular complexity index is 852. The van der Waals surface area contributed by atoms with Crippen LogP contribution in [-0.4, -0.2) is 49.1 Å². The molecule has 3 heterocycles. The Labute approximate surface area is 150 Å². The summed E-state index contributed by atoms with van der Waals surface area (Å²) in [6.45, 7) is 2.10. The van der Waals surface area contributed by atoms with Gasteiger partial charge in [0.1, 0.15) is 0 Å². The van der Waals surface area contributed by atoms with Gasteiger partial charge in [0.15, 0.2) is 26.5 Å². The average Bonchev–Trinajstić information content (AvgIpc) is 3.18. The largest absolute Gasteiger partial charge is 0.454 e. The zero-order valence-electron chi connectivity index (χ0n) is 13.7. The van der Waals surface area contributed by atoms with Gasteiger partial charge in [-0.2, -0.15) is 4.99 Å². The zero-order valence-corrected chi connectivity index (χ0v) is 15.3. The van der Waals surface area contributed by atoms with Gasteiger partial charge in [0, 0.05) is 23.4 Å². The second kappa shape index (κ2) is 6.21. The van der Waals surface area contributed by atoms with Crippen molar-refractivity contribution in [1.82, 2.24) is 0 Å². The van der Waals surface area contributed by atoms with Crippen LogP contribution in [0.5, 0.6) is 11.5 Å². The SMILES string of the molecule is CCCC(=O)N=C1S[C@H]2CS(=O)(=O)C[C@H]2N1c1ccc2c(c1)OCO2. The number of carbonyl (C=O) groups is 1. The lowest BCUT2D eigenvalue weighted by molar-refractivity contribution is -0.117. The van der Waals surface area contributed by atoms with Crippen molar-refractivity contribution in [2.45, 2.75) is 31.1 Å². The predicted molar refractivity (Wildman–Crippen MR) is 96.2 cm³/mol. The number of amidine groups is 1. The third-order valence-electron chi connectivity index (χ3n) is 4.39. The summed E-state index contributed by atoms with van der Waals surface area (Å²) < 4.78 is 34.9. The van der Waals surface area contributed by atoms with Crippen LogP contribution in [0.3, 0.4) is 0 Å². The number of rotatable bonds is 3. The predicted octanol–water partition coefficient (Wildman–Crippen LogP) is 1.82. The number of sulfone groups is 1. The van der Waals surface area contributed by atoms with E-state index in [4.69, 9.17) is 9.47 Å². The molecule has 0 saturated carbocycles. The number of amides is 1. The fourth-order valence-corrected chi connectivity index (χ4v) is 7.21. The lowest BCUT2D eigenvalue weighted by Crippen LogP contribution is -2.37. The van der Waals surface area contributed by atoms with Crippen molar-refractivity contribution < 1.29 is 22.7 Å². The van der Waals surface area contributed by atoms with Gasteiger partial charge in [0.2, 0.25) is 12.7 Å². The first-order valence-electron chi connectivity index (χ1n) is 8.14. The maximum atomic E-state index is 12.0. The number of carbonyl (C=O) groups excluding carboxylic acids is 1. The highest BCUT2D eigenvalue weighted by Gasteiger charge is 2.49. The molecule has 0 unspecified atom stereocenters. The Balaban J connectivity index is 1.72. The summed E-state index contributed by atoms with van der Waals surface area (Å²) in [7, 11) is -3.08. The van der Waals surface area contributed by atoms with Gasteiger partial charge < -0.3 is 14.4 Å². The quantitative estimate of drug-likeness (QED) is 0.788. The molecule has 7 nitrogen and oxygen atoms in total. The number of fused-ring (bicyclic) bond motifs is 2. The van der Waals surface area contributed by atoms with E-state index in [-0.39, 0.29) is 35.5 Å². The van der Waals surface area contributed by atoms with Gasteiger partial charge in [-0.1, -0.05) is 18.7 Å². The molecule has 9 heteroatoms. The van der Waals surface area contributed by atoms with Crippen molar-refractivity contribution in [3.8, 4) is 11.5 Å². The highest BCUT2D eigenvalue weighted by atomic mass is 32.2. The Morgan fingerprint density at radius 1 is 1.32 bits per heavy atom. The van der Waals surface area contributed by atoms with Crippen molar-refractivity contribution in [3.63, 3.8) is 0 Å². The summed E-state index contributed by atoms with van der Waals surface area (Å²) in [5.41, 5.74) is 0.768. The van der Waals surface area contributed by atoms with Gasteiger partial charge in [-0.3, -0.25) is 4.79 Å². The summed E-state index contributed by atoms with van der Waals surface area (Å²) >= 11 is 1.38. The maximum absolute atomic E-state index is 12.0. The molecule has 1 aromatic carbocycles. The molecule has 0 radical (unpaired) electrons. The van der Waals surface area contributed by atoms with Crippen LogP contribution in [0.1, 0.15) is 19.8 Å². The first kappa shape index (κ1) is 16.7. The lowest BCUT2D eigenvalue weighted by Gasteiger charge is -2.24. The van der Waals surface area contributed by atoms with E-state index in [0.29, 0.717) is 23.1 Å². The molecule has 4 rings (SSSR count). The van der Waals surface area contributed by atoms with Gasteiger partial charge in [-0.15, -0.1) is 0 Å². The molecule has 1 aromatic rings. The molecule has 1 amide bonds. The first-order valence-corrected chi connectivity index (χ1v) is 10.8. The number of anilines is 1. The third kappa shape index (κ3) is 3.10. The molecule has 2 saturated heterocycles. The highest BCUT2D eigenvalue weighted by molar-refractivity contribution is 8.16. The average molecular weight is 382 g/mol. The van der Waals surface area contributed by atoms with Crippen molar-refractivity contribution in [2.75, 3.05) is 23.2 Å². The molecule has 134 valence electrons. The number of aliphatic imine (C=N–C) groups is 1. The molecule has 3 aliphatic heterocycles. The fraction of sp³-hybridized carbons (Fsp3) is 0.500. The fourth-order valence-electron chi connectivity index (χ4n) is 3.28. The van der Waals surface area contributed by atoms with Crippen LogP contribution in [0.2, 0.25) is 0 Å². The molecule has 0 spiro atoms. The maximum Gasteiger partial charge on any atom is 0.248 e. The van der Waals surface area contributed by atoms with Gasteiger partial charge in [0.05, 0.1) is 17.5 Å². The van der Waals surface area contributed by atoms with E-state index >= 15 is 0 Å². The van der Waals surface area contributed by atoms with E-state index in [0.717, 1.165) is 12.1 Å². The topological polar surface area (TPSA) is 85.3 Å². The third-order valence-corrected chi connectivity index (χ3v) is 7.59. The summed E-state index contributed by atoms with van der Waals surface area (Å²) in [4.78, 5) is 18.1. The van der Waals surface area contributed by atoms with Crippen LogP contribution in [0.15, 0.2) is 23.2 Å². The highest BCUT2D eigenvalue weighted by Crippen LogP contribution is 2.43. The number of benzene rings is 1. The number of nitrogens with zero attached hydrogens (tertiary/aromatic N) is 2. The minimum Gasteiger partial charge on any atom is -0.454 e. The molecule has 25 heavy (non-hydrogen) atoms. The minimum absolute atomic E-state index is 0.0695. The Morgan fingerprint density at radius 3 is 2.92 bits per heavy atom. The van der Waals surface area contributed by atoms with Crippen LogP contribution in [-0.2, 0) is 14.6 Å². The van der Waals surface area contributed by atoms with E-state index in [1.807, 2.05) is 24.0 Å². The normalized spacial score (nSPS) is 27.7. The smallest absolute Gasteiger partial charge is 0.248 e. The van der Waals surface area contributed by atoms with Crippen LogP contribution in [0, 0.1) is 0 Å². The Morgan fingerprint density at radius 2 is 2.12 bits per heavy atom. The summed E-state index contributed by atoms with van der Waals surface area (Å²) in [5.74, 6) is 1.28. The molecule has 0 aromatic heterocycles. The summed E-state index contributed by atoms with van der Waals surface area (Å²) in [6.07, 6.45) is 1.11. The molecule has 2 fully saturated rings. The van der Waals surface area contributed by atoms with Gasteiger partial charge in [0.25, 0.3) is 0 Å². The summed E-state index contributed by atoms with van der Waals surface area (Å²) in [6, 6.07) is 5.24. The molecule has 0 aliphatic carbocycles. The van der Waals surface area contributed by atoms with Gasteiger partial charge in [-0.05, 0) is 18.6 Å². The first-order chi connectivity index (χ1) is 12.0. The number of thioether (sulfide) groups is 1. The summed E-state index contributed by atoms with van der Waals surface area (Å²) in [5, 5.41) is 0.464. The molecule has 3 aliphatic rings. The van der Waals surface area contributed by atoms with Crippen LogP contribution in [0.4, 0.5) is 5.69 Å². The minimum atomic E-state index is -3.08. The number of ether oxygens (including phenoxy) is 2. The molecule has 0 N–H and O–H groups in total. The molecule has 2 atom stereocenters. The number of hydrogen-bond donors (Lipinski definition) is 0. The number of hydrogen-bond acceptors (Lipinski definition) is 6. The van der Waals surface area contributed by atoms with E-state index in [1.54, 1.807) is 6.07 Å². The Hall–Kier alpha value is -1.74. The monoisotopic (exact) mass is 382 g/mol. The van der Waals surface area contributed by atoms with E-state index in [1.165, 1.54) is 11.8 Å². The van der Waals surface area contributed by atoms with Gasteiger partial charge >= 0.3 is 0 Å². The van der Waals surface area contributed by atoms with Crippen molar-refractivity contribution >= 4 is 38.4 Å². The molecular weight excluding hydrogens is 364 g/mol. The zero-order chi connectivity index (χ0) is 17.6. The second-order valence-electron chi connectivity index (χ2n) is 6.25. The Kier molecular flexibility index (Phi) is 4.15. The molecule has 0 bridgehead atoms. The standard InChI is InChI=1S/C16H18N2O5S2/c1-2-3-15(19)17-16-18(11-7-25(20,21)8-14(11)24-16)10-4-5-12-13(6-10)23-9-22-12/h4-6,11,14H,2-3,7-9H2,1H3/t11-,14+/m1/s1. The van der Waals surface area contributed by atoms with Crippen LogP contribution < -0.4 is 14.4 Å².